The van der Waals surface area contributed by atoms with E-state index in [9.17, 15) is 15.5 Å². The molecule has 22 heavy (non-hydrogen) atoms. The Morgan fingerprint density at radius 1 is 1.32 bits per heavy atom. The smallest absolute Gasteiger partial charge is 0.115 e. The molecule has 2 N–H and O–H groups in total. The van der Waals surface area contributed by atoms with Gasteiger partial charge < -0.3 is 10.2 Å². The van der Waals surface area contributed by atoms with E-state index in [-0.39, 0.29) is 11.3 Å². The Hall–Kier alpha value is -1.53. The number of aliphatic hydroxyl groups is 1. The van der Waals surface area contributed by atoms with E-state index in [1.807, 2.05) is 6.07 Å². The summed E-state index contributed by atoms with van der Waals surface area (Å²) in [5.74, 6) is 1.72. The molecular formula is C19H23NO2. The van der Waals surface area contributed by atoms with Gasteiger partial charge in [-0.15, -0.1) is 0 Å². The molecule has 0 heterocycles. The first-order chi connectivity index (χ1) is 10.5. The molecule has 0 saturated heterocycles. The summed E-state index contributed by atoms with van der Waals surface area (Å²) < 4.78 is 0. The van der Waals surface area contributed by atoms with E-state index >= 15 is 0 Å². The SMILES string of the molecule is C[C@]12CC[C@@H]3c4ccc(O)cc4CC[C@H]3[C@@H]1CC(C#N)[C@@H]2O. The van der Waals surface area contributed by atoms with Crippen molar-refractivity contribution < 1.29 is 10.2 Å². The number of rotatable bonds is 0. The van der Waals surface area contributed by atoms with Crippen molar-refractivity contribution in [2.24, 2.45) is 23.2 Å². The van der Waals surface area contributed by atoms with Crippen molar-refractivity contribution in [2.45, 2.75) is 51.0 Å². The fourth-order valence-corrected chi connectivity index (χ4v) is 5.71. The number of aromatic hydroxyl groups is 1. The second kappa shape index (κ2) is 4.73. The summed E-state index contributed by atoms with van der Waals surface area (Å²) in [6.07, 6.45) is 4.59. The topological polar surface area (TPSA) is 64.2 Å². The maximum atomic E-state index is 10.6. The van der Waals surface area contributed by atoms with Gasteiger partial charge in [0.25, 0.3) is 0 Å². The molecule has 1 aromatic rings. The van der Waals surface area contributed by atoms with Crippen LogP contribution in [0.3, 0.4) is 0 Å². The molecule has 3 heteroatoms. The molecule has 2 saturated carbocycles. The number of phenols is 1. The highest BCUT2D eigenvalue weighted by Gasteiger charge is 2.58. The van der Waals surface area contributed by atoms with Gasteiger partial charge in [0.05, 0.1) is 18.1 Å². The predicted octanol–water partition coefficient (Wildman–Crippen LogP) is 3.36. The maximum absolute atomic E-state index is 10.6. The molecule has 2 fully saturated rings. The number of nitrogens with zero attached hydrogens (tertiary/aromatic N) is 1. The fraction of sp³-hybridized carbons (Fsp3) is 0.632. The van der Waals surface area contributed by atoms with Gasteiger partial charge in [0.1, 0.15) is 5.75 Å². The monoisotopic (exact) mass is 297 g/mol. The van der Waals surface area contributed by atoms with Gasteiger partial charge in [-0.2, -0.15) is 5.26 Å². The second-order valence-electron chi connectivity index (χ2n) is 7.76. The molecule has 4 rings (SSSR count). The Kier molecular flexibility index (Phi) is 3.03. The molecule has 3 aliphatic carbocycles. The van der Waals surface area contributed by atoms with E-state index in [4.69, 9.17) is 0 Å². The van der Waals surface area contributed by atoms with E-state index in [0.29, 0.717) is 23.5 Å². The van der Waals surface area contributed by atoms with E-state index < -0.39 is 6.10 Å². The Morgan fingerprint density at radius 3 is 2.91 bits per heavy atom. The van der Waals surface area contributed by atoms with Gasteiger partial charge >= 0.3 is 0 Å². The number of benzene rings is 1. The zero-order chi connectivity index (χ0) is 15.5. The molecule has 1 unspecified atom stereocenters. The van der Waals surface area contributed by atoms with Gasteiger partial charge in [-0.25, -0.2) is 0 Å². The lowest BCUT2D eigenvalue weighted by Gasteiger charge is -2.50. The first kappa shape index (κ1) is 14.1. The Bertz CT molecular complexity index is 649. The quantitative estimate of drug-likeness (QED) is 0.771. The van der Waals surface area contributed by atoms with Gasteiger partial charge in [0, 0.05) is 0 Å². The molecule has 6 atom stereocenters. The summed E-state index contributed by atoms with van der Waals surface area (Å²) in [5, 5.41) is 29.7. The molecule has 0 spiro atoms. The highest BCUT2D eigenvalue weighted by molar-refractivity contribution is 5.40. The van der Waals surface area contributed by atoms with Crippen molar-refractivity contribution in [1.82, 2.24) is 0 Å². The molecule has 0 aliphatic heterocycles. The number of hydrogen-bond donors (Lipinski definition) is 2. The van der Waals surface area contributed by atoms with Crippen LogP contribution in [0.2, 0.25) is 0 Å². The first-order valence-electron chi connectivity index (χ1n) is 8.44. The third-order valence-corrected chi connectivity index (χ3v) is 6.88. The summed E-state index contributed by atoms with van der Waals surface area (Å²) in [5.41, 5.74) is 2.60. The Morgan fingerprint density at radius 2 is 2.14 bits per heavy atom. The van der Waals surface area contributed by atoms with Crippen LogP contribution in [-0.2, 0) is 6.42 Å². The van der Waals surface area contributed by atoms with Crippen LogP contribution in [0.25, 0.3) is 0 Å². The lowest BCUT2D eigenvalue weighted by molar-refractivity contribution is -0.0280. The molecule has 3 aliphatic rings. The van der Waals surface area contributed by atoms with E-state index in [1.165, 1.54) is 11.1 Å². The van der Waals surface area contributed by atoms with Crippen LogP contribution in [0.5, 0.6) is 5.75 Å². The number of nitriles is 1. The highest BCUT2D eigenvalue weighted by atomic mass is 16.3. The van der Waals surface area contributed by atoms with Gasteiger partial charge in [0.2, 0.25) is 0 Å². The summed E-state index contributed by atoms with van der Waals surface area (Å²) in [6.45, 7) is 2.20. The van der Waals surface area contributed by atoms with E-state index in [1.54, 1.807) is 6.07 Å². The van der Waals surface area contributed by atoms with Crippen LogP contribution in [0.4, 0.5) is 0 Å². The van der Waals surface area contributed by atoms with Crippen LogP contribution in [-0.4, -0.2) is 16.3 Å². The van der Waals surface area contributed by atoms with Gasteiger partial charge in [-0.05, 0) is 78.5 Å². The average Bonchev–Trinajstić information content (AvgIpc) is 2.78. The van der Waals surface area contributed by atoms with Gasteiger partial charge in [0.15, 0.2) is 0 Å². The highest BCUT2D eigenvalue weighted by Crippen LogP contribution is 2.62. The van der Waals surface area contributed by atoms with Crippen molar-refractivity contribution in [3.05, 3.63) is 29.3 Å². The molecule has 0 bridgehead atoms. The summed E-state index contributed by atoms with van der Waals surface area (Å²) >= 11 is 0. The van der Waals surface area contributed by atoms with E-state index in [2.05, 4.69) is 19.1 Å². The maximum Gasteiger partial charge on any atom is 0.115 e. The third kappa shape index (κ3) is 1.77. The summed E-state index contributed by atoms with van der Waals surface area (Å²) in [4.78, 5) is 0. The van der Waals surface area contributed by atoms with Crippen molar-refractivity contribution in [3.63, 3.8) is 0 Å². The Balaban J connectivity index is 1.71. The largest absolute Gasteiger partial charge is 0.508 e. The first-order valence-corrected chi connectivity index (χ1v) is 8.44. The van der Waals surface area contributed by atoms with Gasteiger partial charge in [-0.3, -0.25) is 0 Å². The molecule has 1 aromatic carbocycles. The van der Waals surface area contributed by atoms with Crippen LogP contribution in [0.15, 0.2) is 18.2 Å². The van der Waals surface area contributed by atoms with Crippen LogP contribution < -0.4 is 0 Å². The van der Waals surface area contributed by atoms with Crippen molar-refractivity contribution in [2.75, 3.05) is 0 Å². The zero-order valence-electron chi connectivity index (χ0n) is 13.0. The minimum Gasteiger partial charge on any atom is -0.508 e. The Labute approximate surface area is 131 Å². The lowest BCUT2D eigenvalue weighted by atomic mass is 9.55. The molecule has 0 amide bonds. The number of aliphatic hydroxyl groups excluding tert-OH is 1. The molecule has 0 aromatic heterocycles. The second-order valence-corrected chi connectivity index (χ2v) is 7.76. The van der Waals surface area contributed by atoms with Crippen molar-refractivity contribution in [1.29, 1.82) is 5.26 Å². The van der Waals surface area contributed by atoms with Crippen molar-refractivity contribution >= 4 is 0 Å². The van der Waals surface area contributed by atoms with Crippen LogP contribution in [0.1, 0.15) is 49.7 Å². The number of phenolic OH excluding ortho intramolecular Hbond substituents is 1. The number of hydrogen-bond acceptors (Lipinski definition) is 3. The van der Waals surface area contributed by atoms with Crippen molar-refractivity contribution in [3.8, 4) is 11.8 Å². The predicted molar refractivity (Wildman–Crippen MR) is 83.2 cm³/mol. The van der Waals surface area contributed by atoms with Crippen LogP contribution in [0, 0.1) is 34.5 Å². The van der Waals surface area contributed by atoms with Gasteiger partial charge in [-0.1, -0.05) is 13.0 Å². The molecule has 116 valence electrons. The van der Waals surface area contributed by atoms with E-state index in [0.717, 1.165) is 32.1 Å². The summed E-state index contributed by atoms with van der Waals surface area (Å²) in [6, 6.07) is 8.15. The molecular weight excluding hydrogens is 274 g/mol. The molecule has 0 radical (unpaired) electrons. The fourth-order valence-electron chi connectivity index (χ4n) is 5.71. The minimum atomic E-state index is -0.468. The third-order valence-electron chi connectivity index (χ3n) is 6.88. The standard InChI is InChI=1S/C19H23NO2/c1-19-7-6-15-14-5-3-13(21)8-11(14)2-4-16(15)17(19)9-12(10-20)18(19)22/h3,5,8,12,15-18,21-22H,2,4,6-7,9H2,1H3/t12?,15-,16-,17+,18+,19+/m1/s1. The normalized spacial score (nSPS) is 42.9. The summed E-state index contributed by atoms with van der Waals surface area (Å²) in [7, 11) is 0. The minimum absolute atomic E-state index is 0.0873. The number of fused-ring (bicyclic) bond motifs is 5. The van der Waals surface area contributed by atoms with Crippen LogP contribution >= 0.6 is 0 Å². The average molecular weight is 297 g/mol. The number of aryl methyl sites for hydroxylation is 1. The molecule has 3 nitrogen and oxygen atoms in total. The zero-order valence-corrected chi connectivity index (χ0v) is 13.0. The lowest BCUT2D eigenvalue weighted by Crippen LogP contribution is -2.44.